The highest BCUT2D eigenvalue weighted by molar-refractivity contribution is 5.94. The topological polar surface area (TPSA) is 51.7 Å². The van der Waals surface area contributed by atoms with Crippen LogP contribution in [0.4, 0.5) is 0 Å². The first-order valence-electron chi connectivity index (χ1n) is 8.24. The van der Waals surface area contributed by atoms with E-state index in [2.05, 4.69) is 11.6 Å². The van der Waals surface area contributed by atoms with Crippen molar-refractivity contribution in [2.24, 2.45) is 5.92 Å². The van der Waals surface area contributed by atoms with E-state index in [0.717, 1.165) is 18.5 Å². The highest BCUT2D eigenvalue weighted by atomic mass is 16.5. The highest BCUT2D eigenvalue weighted by Crippen LogP contribution is 2.35. The molecule has 3 rings (SSSR count). The molecule has 0 bridgehead atoms. The summed E-state index contributed by atoms with van der Waals surface area (Å²) in [5, 5.41) is 0. The normalized spacial score (nSPS) is 26.8. The van der Waals surface area contributed by atoms with Crippen LogP contribution < -0.4 is 0 Å². The number of morpholine rings is 1. The molecule has 1 saturated heterocycles. The molecule has 0 aromatic carbocycles. The number of rotatable bonds is 5. The van der Waals surface area contributed by atoms with Crippen LogP contribution in [-0.4, -0.2) is 54.3 Å². The van der Waals surface area contributed by atoms with Gasteiger partial charge in [-0.25, -0.2) is 0 Å². The fraction of sp³-hybridized carbons (Fsp3) is 0.556. The van der Waals surface area contributed by atoms with E-state index in [1.165, 1.54) is 0 Å². The number of pyridine rings is 1. The van der Waals surface area contributed by atoms with E-state index in [1.807, 2.05) is 24.0 Å². The quantitative estimate of drug-likeness (QED) is 0.617. The molecule has 1 saturated carbocycles. The first kappa shape index (κ1) is 16.1. The van der Waals surface area contributed by atoms with E-state index in [1.54, 1.807) is 12.3 Å². The van der Waals surface area contributed by atoms with Gasteiger partial charge in [0.15, 0.2) is 0 Å². The lowest BCUT2D eigenvalue weighted by Crippen LogP contribution is -2.53. The number of aryl methyl sites for hydroxylation is 1. The minimum absolute atomic E-state index is 0.0588. The molecular weight excluding hydrogens is 292 g/mol. The molecule has 5 nitrogen and oxygen atoms in total. The fourth-order valence-corrected chi connectivity index (χ4v) is 3.55. The van der Waals surface area contributed by atoms with E-state index in [-0.39, 0.29) is 18.1 Å². The Morgan fingerprint density at radius 2 is 2.39 bits per heavy atom. The maximum Gasteiger partial charge on any atom is 0.255 e. The van der Waals surface area contributed by atoms with Gasteiger partial charge in [-0.15, -0.1) is 6.58 Å². The second-order valence-corrected chi connectivity index (χ2v) is 6.25. The second kappa shape index (κ2) is 7.23. The smallest absolute Gasteiger partial charge is 0.255 e. The highest BCUT2D eigenvalue weighted by Gasteiger charge is 2.44. The van der Waals surface area contributed by atoms with Crippen molar-refractivity contribution in [3.05, 3.63) is 42.2 Å². The molecule has 1 aromatic rings. The van der Waals surface area contributed by atoms with Gasteiger partial charge >= 0.3 is 0 Å². The molecule has 1 aliphatic carbocycles. The maximum absolute atomic E-state index is 12.8. The summed E-state index contributed by atoms with van der Waals surface area (Å²) in [4.78, 5) is 19.0. The molecule has 2 heterocycles. The molecular formula is C18H24N2O3. The van der Waals surface area contributed by atoms with Crippen LogP contribution >= 0.6 is 0 Å². The number of amides is 1. The first-order valence-corrected chi connectivity index (χ1v) is 8.24. The Balaban J connectivity index is 1.68. The molecule has 3 atom stereocenters. The summed E-state index contributed by atoms with van der Waals surface area (Å²) >= 11 is 0. The molecule has 5 heteroatoms. The lowest BCUT2D eigenvalue weighted by atomic mass is 10.0. The monoisotopic (exact) mass is 316 g/mol. The van der Waals surface area contributed by atoms with Crippen LogP contribution in [0.2, 0.25) is 0 Å². The minimum atomic E-state index is 0.0588. The van der Waals surface area contributed by atoms with Crippen molar-refractivity contribution in [3.63, 3.8) is 0 Å². The number of carbonyl (C=O) groups excluding carboxylic acids is 1. The molecule has 0 unspecified atom stereocenters. The molecule has 1 aliphatic heterocycles. The molecule has 0 N–H and O–H groups in total. The maximum atomic E-state index is 12.8. The average molecular weight is 316 g/mol. The molecule has 23 heavy (non-hydrogen) atoms. The third kappa shape index (κ3) is 3.46. The van der Waals surface area contributed by atoms with Crippen LogP contribution in [0.1, 0.15) is 28.9 Å². The Hall–Kier alpha value is -1.72. The summed E-state index contributed by atoms with van der Waals surface area (Å²) in [6, 6.07) is 3.88. The Labute approximate surface area is 137 Å². The zero-order valence-electron chi connectivity index (χ0n) is 13.6. The summed E-state index contributed by atoms with van der Waals surface area (Å²) in [5.41, 5.74) is 1.57. The third-order valence-electron chi connectivity index (χ3n) is 4.71. The van der Waals surface area contributed by atoms with E-state index < -0.39 is 0 Å². The van der Waals surface area contributed by atoms with Gasteiger partial charge < -0.3 is 14.4 Å². The summed E-state index contributed by atoms with van der Waals surface area (Å²) in [6.07, 6.45) is 5.51. The van der Waals surface area contributed by atoms with Crippen molar-refractivity contribution in [2.75, 3.05) is 26.4 Å². The van der Waals surface area contributed by atoms with Gasteiger partial charge in [0.2, 0.25) is 0 Å². The molecule has 1 aromatic heterocycles. The predicted octanol–water partition coefficient (Wildman–Crippen LogP) is 2.21. The van der Waals surface area contributed by atoms with Crippen molar-refractivity contribution in [3.8, 4) is 0 Å². The second-order valence-electron chi connectivity index (χ2n) is 6.25. The standard InChI is InChI=1S/C18H24N2O3/c1-3-9-22-12-15-6-7-16-17(15)23-10-8-20(16)18(21)14-5-4-13(2)19-11-14/h3-5,11,15-17H,1,6-10,12H2,2H3/t15-,16-,17+/m0/s1. The van der Waals surface area contributed by atoms with Gasteiger partial charge in [0.1, 0.15) is 0 Å². The van der Waals surface area contributed by atoms with E-state index >= 15 is 0 Å². The summed E-state index contributed by atoms with van der Waals surface area (Å²) < 4.78 is 11.6. The van der Waals surface area contributed by atoms with Gasteiger partial charge in [-0.3, -0.25) is 9.78 Å². The van der Waals surface area contributed by atoms with Crippen molar-refractivity contribution in [1.82, 2.24) is 9.88 Å². The van der Waals surface area contributed by atoms with E-state index in [0.29, 0.717) is 37.8 Å². The number of hydrogen-bond donors (Lipinski definition) is 0. The number of nitrogens with zero attached hydrogens (tertiary/aromatic N) is 2. The van der Waals surface area contributed by atoms with Crippen LogP contribution in [0.15, 0.2) is 31.0 Å². The van der Waals surface area contributed by atoms with Crippen LogP contribution in [0.5, 0.6) is 0 Å². The van der Waals surface area contributed by atoms with Gasteiger partial charge in [0.05, 0.1) is 37.5 Å². The predicted molar refractivity (Wildman–Crippen MR) is 87.3 cm³/mol. The van der Waals surface area contributed by atoms with Crippen LogP contribution in [0.3, 0.4) is 0 Å². The summed E-state index contributed by atoms with van der Waals surface area (Å²) in [5.74, 6) is 0.412. The number of ether oxygens (including phenoxy) is 2. The minimum Gasteiger partial charge on any atom is -0.377 e. The number of carbonyl (C=O) groups is 1. The molecule has 2 aliphatic rings. The average Bonchev–Trinajstić information content (AvgIpc) is 2.98. The van der Waals surface area contributed by atoms with Crippen LogP contribution in [0, 0.1) is 12.8 Å². The molecule has 1 amide bonds. The summed E-state index contributed by atoms with van der Waals surface area (Å²) in [7, 11) is 0. The number of hydrogen-bond acceptors (Lipinski definition) is 4. The Bertz CT molecular complexity index is 558. The zero-order chi connectivity index (χ0) is 16.2. The van der Waals surface area contributed by atoms with Crippen LogP contribution in [0.25, 0.3) is 0 Å². The van der Waals surface area contributed by atoms with E-state index in [4.69, 9.17) is 9.47 Å². The molecule has 2 fully saturated rings. The first-order chi connectivity index (χ1) is 11.2. The third-order valence-corrected chi connectivity index (χ3v) is 4.71. The van der Waals surface area contributed by atoms with Crippen molar-refractivity contribution in [2.45, 2.75) is 31.9 Å². The number of aromatic nitrogens is 1. The van der Waals surface area contributed by atoms with Gasteiger partial charge in [-0.1, -0.05) is 6.08 Å². The Morgan fingerprint density at radius 3 is 3.13 bits per heavy atom. The van der Waals surface area contributed by atoms with Crippen LogP contribution in [-0.2, 0) is 9.47 Å². The SMILES string of the molecule is C=CCOC[C@@H]1CC[C@H]2[C@@H]1OCCN2C(=O)c1ccc(C)nc1. The van der Waals surface area contributed by atoms with Crippen molar-refractivity contribution in [1.29, 1.82) is 0 Å². The lowest BCUT2D eigenvalue weighted by molar-refractivity contribution is -0.0738. The number of fused-ring (bicyclic) bond motifs is 1. The van der Waals surface area contributed by atoms with Gasteiger partial charge in [0.25, 0.3) is 5.91 Å². The largest absolute Gasteiger partial charge is 0.377 e. The van der Waals surface area contributed by atoms with E-state index in [9.17, 15) is 4.79 Å². The van der Waals surface area contributed by atoms with Gasteiger partial charge in [-0.2, -0.15) is 0 Å². The lowest BCUT2D eigenvalue weighted by Gasteiger charge is -2.39. The molecule has 0 spiro atoms. The molecule has 0 radical (unpaired) electrons. The fourth-order valence-electron chi connectivity index (χ4n) is 3.55. The van der Waals surface area contributed by atoms with Gasteiger partial charge in [-0.05, 0) is 31.9 Å². The zero-order valence-corrected chi connectivity index (χ0v) is 13.6. The summed E-state index contributed by atoms with van der Waals surface area (Å²) in [6.45, 7) is 8.05. The Kier molecular flexibility index (Phi) is 5.08. The van der Waals surface area contributed by atoms with Crippen molar-refractivity contribution < 1.29 is 14.3 Å². The molecule has 124 valence electrons. The van der Waals surface area contributed by atoms with Gasteiger partial charge in [0, 0.05) is 24.4 Å². The van der Waals surface area contributed by atoms with Crippen molar-refractivity contribution >= 4 is 5.91 Å². The Morgan fingerprint density at radius 1 is 1.52 bits per heavy atom.